The Labute approximate surface area is 104 Å². The highest BCUT2D eigenvalue weighted by atomic mass is 32.2. The number of imidazole rings is 1. The van der Waals surface area contributed by atoms with Crippen LogP contribution in [0.25, 0.3) is 11.2 Å². The third-order valence-corrected chi connectivity index (χ3v) is 3.70. The summed E-state index contributed by atoms with van der Waals surface area (Å²) in [5.74, 6) is 1.74. The molecule has 0 bridgehead atoms. The lowest BCUT2D eigenvalue weighted by atomic mass is 10.2. The van der Waals surface area contributed by atoms with E-state index in [-0.39, 0.29) is 0 Å². The van der Waals surface area contributed by atoms with E-state index in [0.717, 1.165) is 28.2 Å². The smallest absolute Gasteiger partial charge is 0.179 e. The van der Waals surface area contributed by atoms with E-state index in [4.69, 9.17) is 12.2 Å². The van der Waals surface area contributed by atoms with Gasteiger partial charge in [0.2, 0.25) is 0 Å². The first kappa shape index (κ1) is 11.7. The van der Waals surface area contributed by atoms with E-state index in [9.17, 15) is 0 Å². The van der Waals surface area contributed by atoms with Crippen LogP contribution in [0.4, 0.5) is 0 Å². The van der Waals surface area contributed by atoms with E-state index in [2.05, 4.69) is 27.7 Å². The number of nitrogens with one attached hydrogen (secondary N) is 1. The van der Waals surface area contributed by atoms with Gasteiger partial charge in [0.15, 0.2) is 10.4 Å². The Morgan fingerprint density at radius 1 is 1.62 bits per heavy atom. The summed E-state index contributed by atoms with van der Waals surface area (Å²) in [6.45, 7) is 3.16. The van der Waals surface area contributed by atoms with Crippen molar-refractivity contribution in [1.29, 1.82) is 0 Å². The average molecular weight is 253 g/mol. The van der Waals surface area contributed by atoms with Crippen molar-refractivity contribution in [2.24, 2.45) is 5.92 Å². The van der Waals surface area contributed by atoms with Gasteiger partial charge in [0, 0.05) is 12.7 Å². The minimum Gasteiger partial charge on any atom is -0.329 e. The first-order chi connectivity index (χ1) is 7.72. The first-order valence-electron chi connectivity index (χ1n) is 5.25. The van der Waals surface area contributed by atoms with E-state index in [1.165, 1.54) is 0 Å². The number of pyridine rings is 1. The minimum absolute atomic E-state index is 0.600. The second kappa shape index (κ2) is 5.01. The lowest BCUT2D eigenvalue weighted by molar-refractivity contribution is 0.534. The van der Waals surface area contributed by atoms with Crippen LogP contribution in [0.1, 0.15) is 6.92 Å². The second-order valence-corrected chi connectivity index (χ2v) is 5.27. The molecule has 0 spiro atoms. The van der Waals surface area contributed by atoms with Gasteiger partial charge in [-0.15, -0.1) is 0 Å². The van der Waals surface area contributed by atoms with Crippen LogP contribution in [0, 0.1) is 10.7 Å². The van der Waals surface area contributed by atoms with Crippen molar-refractivity contribution in [3.8, 4) is 0 Å². The van der Waals surface area contributed by atoms with Crippen LogP contribution in [-0.2, 0) is 6.54 Å². The molecule has 0 aliphatic heterocycles. The van der Waals surface area contributed by atoms with Crippen LogP contribution < -0.4 is 0 Å². The zero-order valence-electron chi connectivity index (χ0n) is 9.43. The molecule has 0 aliphatic carbocycles. The van der Waals surface area contributed by atoms with Gasteiger partial charge in [-0.05, 0) is 42.3 Å². The van der Waals surface area contributed by atoms with Crippen LogP contribution >= 0.6 is 24.0 Å². The number of H-pyrrole nitrogens is 1. The monoisotopic (exact) mass is 253 g/mol. The van der Waals surface area contributed by atoms with Gasteiger partial charge in [0.1, 0.15) is 0 Å². The number of aromatic nitrogens is 3. The van der Waals surface area contributed by atoms with Crippen LogP contribution in [0.2, 0.25) is 0 Å². The SMILES string of the molecule is CSCC(C)Cn1c(=S)[nH]c2cccnc21. The lowest BCUT2D eigenvalue weighted by Crippen LogP contribution is -2.10. The molecule has 2 rings (SSSR count). The molecule has 0 saturated heterocycles. The maximum atomic E-state index is 5.32. The molecule has 0 fully saturated rings. The second-order valence-electron chi connectivity index (χ2n) is 3.98. The zero-order valence-corrected chi connectivity index (χ0v) is 11.1. The molecule has 86 valence electrons. The molecule has 2 aromatic heterocycles. The van der Waals surface area contributed by atoms with Gasteiger partial charge in [-0.25, -0.2) is 4.98 Å². The highest BCUT2D eigenvalue weighted by molar-refractivity contribution is 7.98. The molecule has 16 heavy (non-hydrogen) atoms. The Kier molecular flexibility index (Phi) is 3.66. The number of hydrogen-bond acceptors (Lipinski definition) is 3. The molecule has 3 nitrogen and oxygen atoms in total. The van der Waals surface area contributed by atoms with Crippen LogP contribution in [0.3, 0.4) is 0 Å². The molecule has 0 radical (unpaired) electrons. The van der Waals surface area contributed by atoms with E-state index >= 15 is 0 Å². The molecule has 1 atom stereocenters. The standard InChI is InChI=1S/C11H15N3S2/c1-8(7-16-2)6-14-10-9(13-11(14)15)4-3-5-12-10/h3-5,8H,6-7H2,1-2H3,(H,13,15). The molecule has 0 aliphatic rings. The summed E-state index contributed by atoms with van der Waals surface area (Å²) >= 11 is 7.18. The molecule has 0 aromatic carbocycles. The average Bonchev–Trinajstić information content (AvgIpc) is 2.56. The third-order valence-electron chi connectivity index (χ3n) is 2.47. The minimum atomic E-state index is 0.600. The van der Waals surface area contributed by atoms with Gasteiger partial charge in [0.25, 0.3) is 0 Å². The van der Waals surface area contributed by atoms with Crippen molar-refractivity contribution in [2.75, 3.05) is 12.0 Å². The van der Waals surface area contributed by atoms with Crippen LogP contribution in [0.15, 0.2) is 18.3 Å². The fourth-order valence-corrected chi connectivity index (χ4v) is 2.75. The Morgan fingerprint density at radius 2 is 2.44 bits per heavy atom. The Balaban J connectivity index is 2.36. The highest BCUT2D eigenvalue weighted by Gasteiger charge is 2.08. The fraction of sp³-hybridized carbons (Fsp3) is 0.455. The summed E-state index contributed by atoms with van der Waals surface area (Å²) in [6.07, 6.45) is 3.93. The molecule has 0 amide bonds. The van der Waals surface area contributed by atoms with Crippen LogP contribution in [-0.4, -0.2) is 26.5 Å². The Hall–Kier alpha value is -0.810. The maximum Gasteiger partial charge on any atom is 0.179 e. The van der Waals surface area contributed by atoms with Crippen molar-refractivity contribution in [2.45, 2.75) is 13.5 Å². The lowest BCUT2D eigenvalue weighted by Gasteiger charge is -2.10. The molecule has 0 saturated carbocycles. The fourth-order valence-electron chi connectivity index (χ4n) is 1.81. The number of nitrogens with zero attached hydrogens (tertiary/aromatic N) is 2. The van der Waals surface area contributed by atoms with Gasteiger partial charge in [-0.1, -0.05) is 6.92 Å². The molecule has 1 N–H and O–H groups in total. The van der Waals surface area contributed by atoms with Crippen molar-refractivity contribution in [3.63, 3.8) is 0 Å². The quantitative estimate of drug-likeness (QED) is 0.850. The summed E-state index contributed by atoms with van der Waals surface area (Å²) in [5, 5.41) is 0. The van der Waals surface area contributed by atoms with Gasteiger partial charge in [-0.3, -0.25) is 0 Å². The summed E-state index contributed by atoms with van der Waals surface area (Å²) in [4.78, 5) is 7.56. The number of fused-ring (bicyclic) bond motifs is 1. The van der Waals surface area contributed by atoms with Gasteiger partial charge in [-0.2, -0.15) is 11.8 Å². The van der Waals surface area contributed by atoms with Crippen molar-refractivity contribution < 1.29 is 0 Å². The molecule has 2 heterocycles. The molecule has 2 aromatic rings. The summed E-state index contributed by atoms with van der Waals surface area (Å²) in [7, 11) is 0. The topological polar surface area (TPSA) is 33.6 Å². The molecule has 1 unspecified atom stereocenters. The Bertz CT molecular complexity index is 529. The van der Waals surface area contributed by atoms with Crippen LogP contribution in [0.5, 0.6) is 0 Å². The van der Waals surface area contributed by atoms with Crippen molar-refractivity contribution in [1.82, 2.24) is 14.5 Å². The van der Waals surface area contributed by atoms with Gasteiger partial charge in [0.05, 0.1) is 5.52 Å². The number of rotatable bonds is 4. The van der Waals surface area contributed by atoms with Gasteiger partial charge < -0.3 is 9.55 Å². The van der Waals surface area contributed by atoms with E-state index in [1.54, 1.807) is 6.20 Å². The van der Waals surface area contributed by atoms with Crippen molar-refractivity contribution >= 4 is 35.1 Å². The zero-order chi connectivity index (χ0) is 11.5. The third kappa shape index (κ3) is 2.30. The summed E-state index contributed by atoms with van der Waals surface area (Å²) < 4.78 is 2.85. The Morgan fingerprint density at radius 3 is 3.19 bits per heavy atom. The normalized spacial score (nSPS) is 13.1. The predicted octanol–water partition coefficient (Wildman–Crippen LogP) is 3.09. The maximum absolute atomic E-state index is 5.32. The summed E-state index contributed by atoms with van der Waals surface area (Å²) in [5.41, 5.74) is 1.98. The highest BCUT2D eigenvalue weighted by Crippen LogP contribution is 2.14. The van der Waals surface area contributed by atoms with E-state index in [0.29, 0.717) is 5.92 Å². The van der Waals surface area contributed by atoms with Crippen molar-refractivity contribution in [3.05, 3.63) is 23.1 Å². The molecular weight excluding hydrogens is 238 g/mol. The van der Waals surface area contributed by atoms with E-state index < -0.39 is 0 Å². The molecular formula is C11H15N3S2. The molecule has 5 heteroatoms. The first-order valence-corrected chi connectivity index (χ1v) is 7.05. The van der Waals surface area contributed by atoms with Gasteiger partial charge >= 0.3 is 0 Å². The largest absolute Gasteiger partial charge is 0.329 e. The van der Waals surface area contributed by atoms with E-state index in [1.807, 2.05) is 23.9 Å². The summed E-state index contributed by atoms with van der Waals surface area (Å²) in [6, 6.07) is 3.93. The number of aromatic amines is 1. The number of thioether (sulfide) groups is 1. The number of hydrogen-bond donors (Lipinski definition) is 1. The predicted molar refractivity (Wildman–Crippen MR) is 72.5 cm³/mol.